The molecule has 0 radical (unpaired) electrons. The number of carboxylic acids is 1. The first kappa shape index (κ1) is 11.9. The lowest BCUT2D eigenvalue weighted by atomic mass is 10.1. The fourth-order valence-corrected chi connectivity index (χ4v) is 2.60. The molecule has 8 heteroatoms. The highest BCUT2D eigenvalue weighted by Gasteiger charge is 2.23. The van der Waals surface area contributed by atoms with E-state index in [2.05, 4.69) is 5.32 Å². The van der Waals surface area contributed by atoms with Gasteiger partial charge in [0.25, 0.3) is 0 Å². The molecule has 2 rings (SSSR count). The predicted octanol–water partition coefficient (Wildman–Crippen LogP) is 3.04. The molecule has 0 atom stereocenters. The van der Waals surface area contributed by atoms with Crippen LogP contribution < -0.4 is 15.2 Å². The number of sulfonamides is 1. The molecule has 0 saturated carbocycles. The Morgan fingerprint density at radius 2 is 2.00 bits per heavy atom. The summed E-state index contributed by atoms with van der Waals surface area (Å²) in [6.45, 7) is -2.30. The normalized spacial score (nSPS) is 16.4. The number of primary sulfonamides is 1. The Hall–Kier alpha value is -2.58. The number of hydrogen-bond acceptors (Lipinski definition) is 5. The second kappa shape index (κ2) is 8.00. The maximum Gasteiger partial charge on any atom is 0.335 e. The van der Waals surface area contributed by atoms with Crippen molar-refractivity contribution >= 4 is 21.7 Å². The Balaban J connectivity index is 2.77. The van der Waals surface area contributed by atoms with Crippen molar-refractivity contribution in [3.05, 3.63) is 48.0 Å². The van der Waals surface area contributed by atoms with E-state index >= 15 is 0 Å². The zero-order valence-electron chi connectivity index (χ0n) is 19.1. The molecule has 0 aromatic heterocycles. The quantitative estimate of drug-likeness (QED) is 0.657. The number of carboxylic acid groups (broad SMARTS) is 1. The van der Waals surface area contributed by atoms with Gasteiger partial charge in [0.1, 0.15) is 10.6 Å². The van der Waals surface area contributed by atoms with Gasteiger partial charge in [0.05, 0.1) is 11.3 Å². The minimum Gasteiger partial charge on any atom is -0.478 e. The van der Waals surface area contributed by atoms with Crippen LogP contribution in [0.5, 0.6) is 11.5 Å². The largest absolute Gasteiger partial charge is 0.478 e. The molecule has 0 aliphatic rings. The van der Waals surface area contributed by atoms with E-state index in [0.29, 0.717) is 0 Å². The first-order chi connectivity index (χ1) is 14.0. The van der Waals surface area contributed by atoms with Gasteiger partial charge in [-0.25, -0.2) is 18.4 Å². The van der Waals surface area contributed by atoms with Gasteiger partial charge in [0.15, 0.2) is 5.75 Å². The van der Waals surface area contributed by atoms with Crippen LogP contribution in [0, 0.1) is 0 Å². The lowest BCUT2D eigenvalue weighted by Gasteiger charge is -2.17. The average Bonchev–Trinajstić information content (AvgIpc) is 2.61. The van der Waals surface area contributed by atoms with Crippen molar-refractivity contribution in [3.8, 4) is 11.5 Å². The smallest absolute Gasteiger partial charge is 0.335 e. The molecule has 4 N–H and O–H groups in total. The molecule has 0 amide bonds. The van der Waals surface area contributed by atoms with Crippen LogP contribution in [0.25, 0.3) is 0 Å². The maximum absolute atomic E-state index is 12.1. The highest BCUT2D eigenvalue weighted by atomic mass is 32.2. The number of para-hydroxylation sites is 1. The maximum atomic E-state index is 12.1. The number of nitrogens with two attached hydrogens (primary N) is 1. The van der Waals surface area contributed by atoms with Crippen molar-refractivity contribution in [2.75, 3.05) is 11.8 Å². The molecule has 134 valence electrons. The monoisotopic (exact) mass is 370 g/mol. The summed E-state index contributed by atoms with van der Waals surface area (Å²) in [5.41, 5.74) is -1.14. The zero-order valence-corrected chi connectivity index (χ0v) is 13.9. The highest BCUT2D eigenvalue weighted by Crippen LogP contribution is 2.37. The fraction of sp³-hybridized carbons (Fsp3) is 0.235. The second-order valence-corrected chi connectivity index (χ2v) is 6.27. The van der Waals surface area contributed by atoms with Crippen LogP contribution in [0.1, 0.15) is 38.3 Å². The molecule has 2 aromatic rings. The SMILES string of the molecule is [2H]C([2H])(C)C([2H])([2H])C([2H])([2H])Nc1cc(C(=O)O)cc(S(N)(=O)=O)c1Oc1ccccc1. The standard InChI is InChI=1S/C17H20N2O5S/c1-2-3-9-19-14-10-12(17(20)21)11-15(25(18,22)23)16(14)24-13-7-5-4-6-8-13/h4-8,10-11,19H,2-3,9H2,1H3,(H,20,21)(H2,18,22,23)/i2D2,3D2,9D2. The van der Waals surface area contributed by atoms with Gasteiger partial charge in [-0.1, -0.05) is 31.5 Å². The van der Waals surface area contributed by atoms with Gasteiger partial charge in [-0.05, 0) is 30.6 Å². The number of aromatic carboxylic acids is 1. The van der Waals surface area contributed by atoms with E-state index < -0.39 is 57.1 Å². The van der Waals surface area contributed by atoms with Crippen molar-refractivity contribution in [3.63, 3.8) is 0 Å². The molecule has 0 spiro atoms. The van der Waals surface area contributed by atoms with Gasteiger partial charge >= 0.3 is 5.97 Å². The van der Waals surface area contributed by atoms with Crippen LogP contribution in [0.2, 0.25) is 0 Å². The molecule has 0 bridgehead atoms. The van der Waals surface area contributed by atoms with E-state index in [0.717, 1.165) is 19.1 Å². The number of nitrogens with one attached hydrogen (secondary N) is 1. The van der Waals surface area contributed by atoms with Crippen molar-refractivity contribution in [2.24, 2.45) is 5.14 Å². The first-order valence-corrected chi connectivity index (χ1v) is 8.47. The summed E-state index contributed by atoms with van der Waals surface area (Å²) in [6, 6.07) is 9.23. The summed E-state index contributed by atoms with van der Waals surface area (Å²) >= 11 is 0. The van der Waals surface area contributed by atoms with Crippen molar-refractivity contribution in [1.82, 2.24) is 0 Å². The van der Waals surface area contributed by atoms with Crippen LogP contribution in [0.4, 0.5) is 5.69 Å². The molecule has 0 fully saturated rings. The third-order valence-corrected chi connectivity index (χ3v) is 3.87. The Bertz CT molecular complexity index is 1090. The third-order valence-electron chi connectivity index (χ3n) is 2.96. The molecular weight excluding hydrogens is 344 g/mol. The van der Waals surface area contributed by atoms with Crippen LogP contribution in [-0.4, -0.2) is 26.0 Å². The van der Waals surface area contributed by atoms with Gasteiger partial charge in [0.2, 0.25) is 10.0 Å². The van der Waals surface area contributed by atoms with Gasteiger partial charge in [-0.15, -0.1) is 0 Å². The first-order valence-electron chi connectivity index (χ1n) is 9.92. The van der Waals surface area contributed by atoms with E-state index in [1.807, 2.05) is 0 Å². The highest BCUT2D eigenvalue weighted by molar-refractivity contribution is 7.89. The lowest BCUT2D eigenvalue weighted by molar-refractivity contribution is 0.0696. The molecule has 0 aliphatic carbocycles. The zero-order chi connectivity index (χ0) is 23.8. The van der Waals surface area contributed by atoms with Gasteiger partial charge < -0.3 is 15.2 Å². The summed E-state index contributed by atoms with van der Waals surface area (Å²) in [5.74, 6) is -2.03. The second-order valence-electron chi connectivity index (χ2n) is 4.74. The van der Waals surface area contributed by atoms with Gasteiger partial charge in [-0.3, -0.25) is 0 Å². The van der Waals surface area contributed by atoms with Crippen molar-refractivity contribution in [2.45, 2.75) is 24.6 Å². The van der Waals surface area contributed by atoms with E-state index in [1.165, 1.54) is 12.1 Å². The lowest BCUT2D eigenvalue weighted by Crippen LogP contribution is -2.16. The molecular formula is C17H20N2O5S. The fourth-order valence-electron chi connectivity index (χ4n) is 1.90. The molecule has 0 saturated heterocycles. The van der Waals surface area contributed by atoms with E-state index in [1.54, 1.807) is 18.2 Å². The molecule has 0 unspecified atom stereocenters. The van der Waals surface area contributed by atoms with Crippen molar-refractivity contribution < 1.29 is 31.3 Å². The van der Waals surface area contributed by atoms with Gasteiger partial charge in [-0.2, -0.15) is 0 Å². The van der Waals surface area contributed by atoms with Crippen LogP contribution in [0.3, 0.4) is 0 Å². The Morgan fingerprint density at radius 1 is 1.32 bits per heavy atom. The Labute approximate surface area is 154 Å². The number of rotatable bonds is 8. The van der Waals surface area contributed by atoms with Crippen LogP contribution in [0.15, 0.2) is 47.4 Å². The molecule has 0 heterocycles. The number of ether oxygens (including phenoxy) is 1. The van der Waals surface area contributed by atoms with E-state index in [4.69, 9.17) is 18.1 Å². The van der Waals surface area contributed by atoms with E-state index in [-0.39, 0.29) is 5.75 Å². The number of hydrogen-bond donors (Lipinski definition) is 3. The number of benzene rings is 2. The predicted molar refractivity (Wildman–Crippen MR) is 94.7 cm³/mol. The molecule has 7 nitrogen and oxygen atoms in total. The number of carbonyl (C=O) groups is 1. The molecule has 2 aromatic carbocycles. The Morgan fingerprint density at radius 3 is 2.56 bits per heavy atom. The van der Waals surface area contributed by atoms with Crippen LogP contribution >= 0.6 is 0 Å². The minimum absolute atomic E-state index is 0.105. The van der Waals surface area contributed by atoms with E-state index in [9.17, 15) is 18.3 Å². The van der Waals surface area contributed by atoms with Gasteiger partial charge in [0, 0.05) is 14.7 Å². The summed E-state index contributed by atoms with van der Waals surface area (Å²) in [4.78, 5) is 10.7. The molecule has 0 aliphatic heterocycles. The third kappa shape index (κ3) is 4.94. The average molecular weight is 370 g/mol. The summed E-state index contributed by atoms with van der Waals surface area (Å²) in [5, 5.41) is 16.6. The summed E-state index contributed by atoms with van der Waals surface area (Å²) in [6.07, 6.45) is -5.80. The topological polar surface area (TPSA) is 119 Å². The minimum atomic E-state index is -4.57. The van der Waals surface area contributed by atoms with Crippen LogP contribution in [-0.2, 0) is 10.0 Å². The number of anilines is 1. The molecule has 25 heavy (non-hydrogen) atoms. The summed E-state index contributed by atoms with van der Waals surface area (Å²) in [7, 11) is -4.57. The summed E-state index contributed by atoms with van der Waals surface area (Å²) < 4.78 is 77.0. The Kier molecular flexibility index (Phi) is 3.80. The van der Waals surface area contributed by atoms with Crippen molar-refractivity contribution in [1.29, 1.82) is 0 Å².